The Kier molecular flexibility index (Phi) is 6.13. The van der Waals surface area contributed by atoms with E-state index in [1.165, 1.54) is 60.7 Å². The summed E-state index contributed by atoms with van der Waals surface area (Å²) in [7, 11) is -7.88. The van der Waals surface area contributed by atoms with Crippen LogP contribution in [0.1, 0.15) is 0 Å². The normalized spacial score (nSPS) is 13.4. The van der Waals surface area contributed by atoms with Crippen molar-refractivity contribution in [3.05, 3.63) is 70.7 Å². The Bertz CT molecular complexity index is 1360. The van der Waals surface area contributed by atoms with Gasteiger partial charge in [-0.15, -0.1) is 0 Å². The van der Waals surface area contributed by atoms with Crippen LogP contribution in [0.2, 0.25) is 10.0 Å². The van der Waals surface area contributed by atoms with Crippen LogP contribution in [-0.4, -0.2) is 30.0 Å². The van der Waals surface area contributed by atoms with E-state index in [9.17, 15) is 16.8 Å². The van der Waals surface area contributed by atoms with Crippen molar-refractivity contribution >= 4 is 54.6 Å². The number of benzene rings is 3. The quantitative estimate of drug-likeness (QED) is 0.505. The largest absolute Gasteiger partial charge is 0.486 e. The van der Waals surface area contributed by atoms with Gasteiger partial charge in [-0.1, -0.05) is 23.2 Å². The fourth-order valence-corrected chi connectivity index (χ4v) is 5.57. The summed E-state index contributed by atoms with van der Waals surface area (Å²) < 4.78 is 66.3. The first-order valence-electron chi connectivity index (χ1n) is 9.14. The van der Waals surface area contributed by atoms with Crippen molar-refractivity contribution in [1.82, 2.24) is 0 Å². The van der Waals surface area contributed by atoms with Crippen molar-refractivity contribution in [2.75, 3.05) is 22.7 Å². The minimum atomic E-state index is -3.94. The number of hydrogen-bond donors (Lipinski definition) is 2. The number of anilines is 2. The second-order valence-electron chi connectivity index (χ2n) is 6.70. The molecular formula is C20H16Cl2N2O6S2. The lowest BCUT2D eigenvalue weighted by atomic mass is 10.3. The lowest BCUT2D eigenvalue weighted by Gasteiger charge is -2.19. The molecule has 0 radical (unpaired) electrons. The monoisotopic (exact) mass is 514 g/mol. The van der Waals surface area contributed by atoms with E-state index < -0.39 is 20.0 Å². The van der Waals surface area contributed by atoms with Gasteiger partial charge in [-0.2, -0.15) is 0 Å². The Morgan fingerprint density at radius 3 is 1.81 bits per heavy atom. The van der Waals surface area contributed by atoms with Crippen molar-refractivity contribution in [2.45, 2.75) is 9.79 Å². The van der Waals surface area contributed by atoms with Crippen molar-refractivity contribution < 1.29 is 26.3 Å². The highest BCUT2D eigenvalue weighted by atomic mass is 35.5. The van der Waals surface area contributed by atoms with Gasteiger partial charge in [0.05, 0.1) is 15.5 Å². The fourth-order valence-electron chi connectivity index (χ4n) is 2.93. The number of halogens is 2. The molecule has 0 atom stereocenters. The minimum Gasteiger partial charge on any atom is -0.486 e. The zero-order valence-electron chi connectivity index (χ0n) is 16.2. The van der Waals surface area contributed by atoms with E-state index in [2.05, 4.69) is 9.44 Å². The molecule has 3 aromatic carbocycles. The Morgan fingerprint density at radius 2 is 1.16 bits per heavy atom. The molecule has 1 aliphatic heterocycles. The van der Waals surface area contributed by atoms with Crippen molar-refractivity contribution in [3.63, 3.8) is 0 Å². The number of nitrogens with one attached hydrogen (secondary N) is 2. The third-order valence-electron chi connectivity index (χ3n) is 4.36. The van der Waals surface area contributed by atoms with Gasteiger partial charge in [0.1, 0.15) is 13.2 Å². The van der Waals surface area contributed by atoms with E-state index in [0.717, 1.165) is 0 Å². The van der Waals surface area contributed by atoms with E-state index in [4.69, 9.17) is 32.7 Å². The van der Waals surface area contributed by atoms with E-state index in [1.54, 1.807) is 0 Å². The summed E-state index contributed by atoms with van der Waals surface area (Å²) in [4.78, 5) is -0.0891. The molecule has 4 rings (SSSR count). The van der Waals surface area contributed by atoms with Gasteiger partial charge < -0.3 is 9.47 Å². The van der Waals surface area contributed by atoms with Gasteiger partial charge in [-0.25, -0.2) is 16.8 Å². The van der Waals surface area contributed by atoms with Crippen LogP contribution in [0.15, 0.2) is 70.5 Å². The number of ether oxygens (including phenoxy) is 2. The summed E-state index contributed by atoms with van der Waals surface area (Å²) in [6.45, 7) is 0.723. The lowest BCUT2D eigenvalue weighted by Crippen LogP contribution is -2.17. The standard InChI is InChI=1S/C20H16Cl2N2O6S2/c21-13-9-14(22)11-16(10-13)24-31(25,26)17-3-1-15(2-4-17)23-32(27,28)18-5-6-19-20(12-18)30-8-7-29-19/h1-6,9-12,23-24H,7-8H2. The van der Waals surface area contributed by atoms with Crippen LogP contribution in [0.5, 0.6) is 11.5 Å². The molecule has 2 N–H and O–H groups in total. The topological polar surface area (TPSA) is 111 Å². The predicted octanol–water partition coefficient (Wildman–Crippen LogP) is 4.37. The number of rotatable bonds is 6. The fraction of sp³-hybridized carbons (Fsp3) is 0.100. The molecule has 3 aromatic rings. The van der Waals surface area contributed by atoms with Crippen LogP contribution >= 0.6 is 23.2 Å². The molecule has 0 aliphatic carbocycles. The predicted molar refractivity (Wildman–Crippen MR) is 122 cm³/mol. The summed E-state index contributed by atoms with van der Waals surface area (Å²) in [6.07, 6.45) is 0. The molecule has 0 fully saturated rings. The van der Waals surface area contributed by atoms with Crippen LogP contribution < -0.4 is 18.9 Å². The smallest absolute Gasteiger partial charge is 0.262 e. The van der Waals surface area contributed by atoms with E-state index in [0.29, 0.717) is 24.7 Å². The van der Waals surface area contributed by atoms with Crippen molar-refractivity contribution in [2.24, 2.45) is 0 Å². The Morgan fingerprint density at radius 1 is 0.625 bits per heavy atom. The molecule has 8 nitrogen and oxygen atoms in total. The highest BCUT2D eigenvalue weighted by Crippen LogP contribution is 2.33. The van der Waals surface area contributed by atoms with Gasteiger partial charge >= 0.3 is 0 Å². The van der Waals surface area contributed by atoms with Gasteiger partial charge in [0.15, 0.2) is 11.5 Å². The van der Waals surface area contributed by atoms with Crippen LogP contribution in [0.4, 0.5) is 11.4 Å². The van der Waals surface area contributed by atoms with Gasteiger partial charge in [0, 0.05) is 21.8 Å². The van der Waals surface area contributed by atoms with Gasteiger partial charge in [0.2, 0.25) is 0 Å². The number of hydrogen-bond acceptors (Lipinski definition) is 6. The molecule has 12 heteroatoms. The first-order valence-corrected chi connectivity index (χ1v) is 12.9. The van der Waals surface area contributed by atoms with Gasteiger partial charge in [0.25, 0.3) is 20.0 Å². The summed E-state index contributed by atoms with van der Waals surface area (Å²) >= 11 is 11.8. The van der Waals surface area contributed by atoms with Crippen molar-refractivity contribution in [1.29, 1.82) is 0 Å². The average molecular weight is 515 g/mol. The maximum atomic E-state index is 12.7. The number of fused-ring (bicyclic) bond motifs is 1. The zero-order valence-corrected chi connectivity index (χ0v) is 19.4. The van der Waals surface area contributed by atoms with Crippen LogP contribution in [0, 0.1) is 0 Å². The second kappa shape index (κ2) is 8.70. The van der Waals surface area contributed by atoms with E-state index in [-0.39, 0.29) is 31.2 Å². The first kappa shape index (κ1) is 22.5. The SMILES string of the molecule is O=S(=O)(Nc1cc(Cl)cc(Cl)c1)c1ccc(NS(=O)(=O)c2ccc3c(c2)OCCO3)cc1. The van der Waals surface area contributed by atoms with Crippen molar-refractivity contribution in [3.8, 4) is 11.5 Å². The molecule has 32 heavy (non-hydrogen) atoms. The Labute approximate surface area is 195 Å². The van der Waals surface area contributed by atoms with Crippen LogP contribution in [0.3, 0.4) is 0 Å². The Balaban J connectivity index is 1.52. The molecular weight excluding hydrogens is 499 g/mol. The molecule has 0 saturated carbocycles. The van der Waals surface area contributed by atoms with E-state index in [1.807, 2.05) is 0 Å². The molecule has 0 saturated heterocycles. The Hall–Kier alpha value is -2.66. The average Bonchev–Trinajstić information content (AvgIpc) is 2.72. The highest BCUT2D eigenvalue weighted by Gasteiger charge is 2.20. The second-order valence-corrected chi connectivity index (χ2v) is 10.9. The van der Waals surface area contributed by atoms with Gasteiger partial charge in [-0.05, 0) is 54.6 Å². The summed E-state index contributed by atoms with van der Waals surface area (Å²) in [5, 5.41) is 0.554. The molecule has 0 spiro atoms. The maximum absolute atomic E-state index is 12.7. The van der Waals surface area contributed by atoms with Crippen LogP contribution in [-0.2, 0) is 20.0 Å². The third kappa shape index (κ3) is 5.04. The summed E-state index contributed by atoms with van der Waals surface area (Å²) in [5.74, 6) is 0.811. The lowest BCUT2D eigenvalue weighted by molar-refractivity contribution is 0.171. The van der Waals surface area contributed by atoms with E-state index >= 15 is 0 Å². The zero-order chi connectivity index (χ0) is 22.9. The molecule has 1 aliphatic rings. The highest BCUT2D eigenvalue weighted by molar-refractivity contribution is 7.93. The molecule has 0 unspecified atom stereocenters. The maximum Gasteiger partial charge on any atom is 0.262 e. The molecule has 0 amide bonds. The third-order valence-corrected chi connectivity index (χ3v) is 7.57. The molecule has 0 aromatic heterocycles. The summed E-state index contributed by atoms with van der Waals surface area (Å²) in [5.41, 5.74) is 0.385. The molecule has 0 bridgehead atoms. The first-order chi connectivity index (χ1) is 15.1. The molecule has 1 heterocycles. The van der Waals surface area contributed by atoms with Gasteiger partial charge in [-0.3, -0.25) is 9.44 Å². The summed E-state index contributed by atoms with van der Waals surface area (Å²) in [6, 6.07) is 13.8. The van der Waals surface area contributed by atoms with Crippen LogP contribution in [0.25, 0.3) is 0 Å². The minimum absolute atomic E-state index is 0.0158. The molecule has 168 valence electrons. The number of sulfonamides is 2.